The predicted octanol–water partition coefficient (Wildman–Crippen LogP) is 0.689. The molecule has 20 heteroatoms. The zero-order valence-electron chi connectivity index (χ0n) is 36.9. The van der Waals surface area contributed by atoms with Gasteiger partial charge in [0.2, 0.25) is 29.5 Å². The van der Waals surface area contributed by atoms with Crippen LogP contribution < -0.4 is 49.5 Å². The average molecular weight is 877 g/mol. The van der Waals surface area contributed by atoms with Crippen LogP contribution in [0.3, 0.4) is 0 Å². The quantitative estimate of drug-likeness (QED) is 0.0214. The zero-order valence-corrected chi connectivity index (χ0v) is 38.5. The van der Waals surface area contributed by atoms with Crippen molar-refractivity contribution < 1.29 is 38.7 Å². The van der Waals surface area contributed by atoms with E-state index in [2.05, 4.69) is 31.6 Å². The third kappa shape index (κ3) is 24.9. The lowest BCUT2D eigenvalue weighted by Gasteiger charge is -2.29. The van der Waals surface area contributed by atoms with Gasteiger partial charge in [-0.3, -0.25) is 29.0 Å². The van der Waals surface area contributed by atoms with Crippen LogP contribution in [0.1, 0.15) is 100 Å². The van der Waals surface area contributed by atoms with E-state index in [1.165, 1.54) is 11.8 Å². The number of carboxylic acid groups (broad SMARTS) is 1. The maximum Gasteiger partial charge on any atom is 0.326 e. The molecule has 0 heterocycles. The number of aliphatic imine (C=N–C) groups is 1. The molecule has 0 spiro atoms. The molecule has 0 aromatic heterocycles. The van der Waals surface area contributed by atoms with Crippen molar-refractivity contribution in [1.29, 1.82) is 0 Å². The van der Waals surface area contributed by atoms with Crippen LogP contribution in [0.25, 0.3) is 0 Å². The van der Waals surface area contributed by atoms with Gasteiger partial charge in [-0.05, 0) is 79.8 Å². The van der Waals surface area contributed by atoms with E-state index in [0.717, 1.165) is 12.0 Å². The van der Waals surface area contributed by atoms with E-state index in [1.54, 1.807) is 18.7 Å². The Morgan fingerprint density at radius 1 is 0.661 bits per heavy atom. The summed E-state index contributed by atoms with van der Waals surface area (Å²) >= 11 is 3.11. The summed E-state index contributed by atoms with van der Waals surface area (Å²) in [7, 11) is 0. The van der Waals surface area contributed by atoms with Gasteiger partial charge in [0.15, 0.2) is 5.96 Å². The number of aldehydes is 1. The molecule has 0 aliphatic rings. The highest BCUT2D eigenvalue weighted by Gasteiger charge is 2.34. The van der Waals surface area contributed by atoms with E-state index in [9.17, 15) is 38.7 Å². The van der Waals surface area contributed by atoms with Gasteiger partial charge in [-0.2, -0.15) is 23.5 Å². The SMILES string of the molecule is CC[C@H](C)[C@H](NC(=O)[C@H](CCSC)NC(=O)[C@H](CCCN=C(N)N)NC(=O)[C@@H](NC(=O)[C@@H](N)CC(C)C)[C@@H](C)CC)C(=O)O.CSCC[C@H](N)C(=O)N[C@H](C=O)C(C)C. The first-order valence-electron chi connectivity index (χ1n) is 20.4. The third-order valence-corrected chi connectivity index (χ3v) is 10.9. The molecule has 0 rings (SSSR count). The summed E-state index contributed by atoms with van der Waals surface area (Å²) in [6, 6.07) is -5.97. The van der Waals surface area contributed by atoms with Crippen LogP contribution >= 0.6 is 23.5 Å². The van der Waals surface area contributed by atoms with Crippen molar-refractivity contribution in [2.24, 2.45) is 51.6 Å². The molecule has 59 heavy (non-hydrogen) atoms. The standard InChI is InChI=1S/C29H56N8O6S.C10H20N2O2S/c1-8-17(5)22(36-24(38)19(30)15-16(3)4)27(41)35-20(11-10-13-33-29(31)32)25(39)34-21(12-14-44-7)26(40)37-23(28(42)43)18(6)9-2;1-7(2)9(6-13)12-10(14)8(11)4-5-15-3/h16-23H,8-15,30H2,1-7H3,(H,34,39)(H,35,41)(H,36,38)(H,37,40)(H,42,43)(H4,31,32,33);6-9H,4-5,11H2,1-3H3,(H,12,14)/t17-,18-,19-,20-,21-,22-,23-;8-,9+/m00/s1. The highest BCUT2D eigenvalue weighted by molar-refractivity contribution is 7.98. The molecule has 0 aliphatic heterocycles. The van der Waals surface area contributed by atoms with E-state index in [1.807, 2.05) is 61.0 Å². The first-order valence-corrected chi connectivity index (χ1v) is 23.1. The molecule has 0 aliphatic carbocycles. The van der Waals surface area contributed by atoms with Crippen LogP contribution in [0.15, 0.2) is 4.99 Å². The van der Waals surface area contributed by atoms with Crippen LogP contribution in [0.5, 0.6) is 0 Å². The number of rotatable bonds is 29. The monoisotopic (exact) mass is 877 g/mol. The number of thioether (sulfide) groups is 2. The fourth-order valence-electron chi connectivity index (χ4n) is 5.33. The van der Waals surface area contributed by atoms with Gasteiger partial charge in [0.1, 0.15) is 30.5 Å². The molecule has 0 bridgehead atoms. The minimum absolute atomic E-state index is 0.0965. The number of carbonyl (C=O) groups excluding carboxylic acids is 6. The molecule has 18 nitrogen and oxygen atoms in total. The summed E-state index contributed by atoms with van der Waals surface area (Å²) in [5.41, 5.74) is 22.5. The highest BCUT2D eigenvalue weighted by Crippen LogP contribution is 2.13. The molecule has 9 atom stereocenters. The molecular weight excluding hydrogens is 801 g/mol. The fraction of sp³-hybridized carbons (Fsp3) is 0.795. The predicted molar refractivity (Wildman–Crippen MR) is 238 cm³/mol. The van der Waals surface area contributed by atoms with Gasteiger partial charge >= 0.3 is 5.97 Å². The normalized spacial score (nSPS) is 15.6. The smallest absolute Gasteiger partial charge is 0.326 e. The summed E-state index contributed by atoms with van der Waals surface area (Å²) in [6.07, 6.45) is 7.43. The van der Waals surface area contributed by atoms with Crippen LogP contribution in [0.2, 0.25) is 0 Å². The molecule has 342 valence electrons. The molecule has 5 amide bonds. The van der Waals surface area contributed by atoms with Gasteiger partial charge in [0.25, 0.3) is 0 Å². The third-order valence-electron chi connectivity index (χ3n) is 9.60. The lowest BCUT2D eigenvalue weighted by molar-refractivity contribution is -0.144. The number of nitrogens with two attached hydrogens (primary N) is 4. The number of guanidine groups is 1. The van der Waals surface area contributed by atoms with Crippen molar-refractivity contribution in [3.8, 4) is 0 Å². The number of nitrogens with zero attached hydrogens (tertiary/aromatic N) is 1. The van der Waals surface area contributed by atoms with Gasteiger partial charge in [0.05, 0.1) is 18.1 Å². The van der Waals surface area contributed by atoms with Gasteiger partial charge in [-0.25, -0.2) is 4.79 Å². The molecule has 14 N–H and O–H groups in total. The van der Waals surface area contributed by atoms with E-state index >= 15 is 0 Å². The molecular formula is C39H76N10O8S2. The Hall–Kier alpha value is -3.62. The van der Waals surface area contributed by atoms with Gasteiger partial charge < -0.3 is 59.4 Å². The molecule has 0 aromatic rings. The van der Waals surface area contributed by atoms with E-state index in [0.29, 0.717) is 37.9 Å². The Kier molecular flexibility index (Phi) is 31.4. The van der Waals surface area contributed by atoms with Crippen molar-refractivity contribution in [2.75, 3.05) is 30.6 Å². The Bertz CT molecular complexity index is 1320. The number of hydrogen-bond acceptors (Lipinski definition) is 12. The van der Waals surface area contributed by atoms with E-state index in [4.69, 9.17) is 22.9 Å². The van der Waals surface area contributed by atoms with Crippen LogP contribution in [0, 0.1) is 23.7 Å². The minimum atomic E-state index is -1.17. The van der Waals surface area contributed by atoms with E-state index < -0.39 is 71.9 Å². The molecule has 0 saturated carbocycles. The lowest BCUT2D eigenvalue weighted by Crippen LogP contribution is -2.60. The summed E-state index contributed by atoms with van der Waals surface area (Å²) in [6.45, 7) is 15.1. The van der Waals surface area contributed by atoms with Gasteiger partial charge in [-0.1, -0.05) is 68.2 Å². The van der Waals surface area contributed by atoms with Gasteiger partial charge in [0, 0.05) is 6.54 Å². The van der Waals surface area contributed by atoms with Crippen molar-refractivity contribution in [1.82, 2.24) is 26.6 Å². The first-order chi connectivity index (χ1) is 27.6. The van der Waals surface area contributed by atoms with Crippen LogP contribution in [-0.2, 0) is 33.6 Å². The summed E-state index contributed by atoms with van der Waals surface area (Å²) in [4.78, 5) is 91.1. The second kappa shape index (κ2) is 32.2. The minimum Gasteiger partial charge on any atom is -0.480 e. The zero-order chi connectivity index (χ0) is 45.8. The Morgan fingerprint density at radius 3 is 1.61 bits per heavy atom. The maximum atomic E-state index is 13.6. The Balaban J connectivity index is 0. The average Bonchev–Trinajstić information content (AvgIpc) is 3.18. The highest BCUT2D eigenvalue weighted by atomic mass is 32.2. The molecule has 0 saturated heterocycles. The second-order valence-corrected chi connectivity index (χ2v) is 17.4. The molecule has 0 aromatic carbocycles. The van der Waals surface area contributed by atoms with Crippen molar-refractivity contribution in [2.45, 2.75) is 143 Å². The second-order valence-electron chi connectivity index (χ2n) is 15.5. The number of amides is 5. The van der Waals surface area contributed by atoms with Crippen LogP contribution in [0.4, 0.5) is 0 Å². The number of carbonyl (C=O) groups is 7. The number of aliphatic carboxylic acids is 1. The van der Waals surface area contributed by atoms with Crippen LogP contribution in [-0.4, -0.2) is 126 Å². The number of nitrogens with one attached hydrogen (secondary N) is 5. The molecule has 0 fully saturated rings. The first kappa shape index (κ1) is 57.5. The fourth-order valence-corrected chi connectivity index (χ4v) is 6.29. The summed E-state index contributed by atoms with van der Waals surface area (Å²) < 4.78 is 0. The van der Waals surface area contributed by atoms with Crippen molar-refractivity contribution >= 4 is 71.3 Å². The van der Waals surface area contributed by atoms with Gasteiger partial charge in [-0.15, -0.1) is 0 Å². The summed E-state index contributed by atoms with van der Waals surface area (Å²) in [5, 5.41) is 23.0. The number of carboxylic acids is 1. The topological polar surface area (TPSA) is 316 Å². The maximum absolute atomic E-state index is 13.6. The lowest BCUT2D eigenvalue weighted by atomic mass is 9.96. The summed E-state index contributed by atoms with van der Waals surface area (Å²) in [5.74, 6) is -2.79. The largest absolute Gasteiger partial charge is 0.480 e. The molecule has 0 unspecified atom stereocenters. The van der Waals surface area contributed by atoms with Crippen molar-refractivity contribution in [3.63, 3.8) is 0 Å². The molecule has 0 radical (unpaired) electrons. The Labute approximate surface area is 360 Å². The van der Waals surface area contributed by atoms with Crippen molar-refractivity contribution in [3.05, 3.63) is 0 Å². The number of hydrogen-bond donors (Lipinski definition) is 10. The van der Waals surface area contributed by atoms with E-state index in [-0.39, 0.29) is 54.9 Å². The Morgan fingerprint density at radius 2 is 1.14 bits per heavy atom.